The van der Waals surface area contributed by atoms with E-state index in [0.29, 0.717) is 12.0 Å². The monoisotopic (exact) mass is 481 g/mol. The van der Waals surface area contributed by atoms with E-state index in [9.17, 15) is 26.4 Å². The van der Waals surface area contributed by atoms with E-state index in [0.717, 1.165) is 4.90 Å². The number of nitrogens with zero attached hydrogens (tertiary/aromatic N) is 1. The summed E-state index contributed by atoms with van der Waals surface area (Å²) in [5, 5.41) is 5.06. The maximum atomic E-state index is 12.9. The van der Waals surface area contributed by atoms with Crippen molar-refractivity contribution in [2.24, 2.45) is 5.14 Å². The number of imide groups is 1. The predicted octanol–water partition coefficient (Wildman–Crippen LogP) is 0.907. The van der Waals surface area contributed by atoms with E-state index in [1.165, 1.54) is 37.4 Å². The molecule has 3 rings (SSSR count). The Morgan fingerprint density at radius 3 is 2.19 bits per heavy atom. The lowest BCUT2D eigenvalue weighted by molar-refractivity contribution is -0.129. The molecule has 1 heterocycles. The molecule has 0 aliphatic carbocycles. The second kappa shape index (κ2) is 9.36. The van der Waals surface area contributed by atoms with Gasteiger partial charge in [0.05, 0.1) is 17.7 Å². The molecule has 2 amide bonds. The third-order valence-electron chi connectivity index (χ3n) is 4.93. The van der Waals surface area contributed by atoms with E-state index in [4.69, 9.17) is 9.88 Å². The number of benzene rings is 2. The molecular formula is C20H23N3O7S2. The molecule has 0 bridgehead atoms. The van der Waals surface area contributed by atoms with Crippen molar-refractivity contribution in [3.8, 4) is 5.75 Å². The van der Waals surface area contributed by atoms with Crippen LogP contribution in [-0.4, -0.2) is 42.3 Å². The standard InChI is InChI=1S/C20H23N3O7S2/c1-30-17-10-7-15(23-19(24)3-2-4-20(23)25)13-18(17)32(28,29)22-12-11-14-5-8-16(9-6-14)31(21,26)27/h5-10,13,22H,2-4,11-12H2,1H3,(H2,21,26,27). The number of nitrogens with two attached hydrogens (primary N) is 1. The van der Waals surface area contributed by atoms with E-state index >= 15 is 0 Å². The molecule has 1 aliphatic heterocycles. The van der Waals surface area contributed by atoms with Crippen LogP contribution < -0.4 is 19.5 Å². The summed E-state index contributed by atoms with van der Waals surface area (Å²) in [6.07, 6.45) is 1.18. The van der Waals surface area contributed by atoms with Gasteiger partial charge in [-0.1, -0.05) is 12.1 Å². The van der Waals surface area contributed by atoms with Crippen LogP contribution >= 0.6 is 0 Å². The van der Waals surface area contributed by atoms with E-state index in [-0.39, 0.29) is 58.8 Å². The first kappa shape index (κ1) is 23.9. The van der Waals surface area contributed by atoms with Crippen LogP contribution in [0.4, 0.5) is 5.69 Å². The Balaban J connectivity index is 1.78. The molecule has 1 saturated heterocycles. The van der Waals surface area contributed by atoms with Crippen LogP contribution in [0.15, 0.2) is 52.3 Å². The van der Waals surface area contributed by atoms with Gasteiger partial charge in [-0.05, 0) is 48.7 Å². The topological polar surface area (TPSA) is 153 Å². The fraction of sp³-hybridized carbons (Fsp3) is 0.300. The van der Waals surface area contributed by atoms with E-state index in [2.05, 4.69) is 4.72 Å². The van der Waals surface area contributed by atoms with Gasteiger partial charge < -0.3 is 4.74 Å². The summed E-state index contributed by atoms with van der Waals surface area (Å²) >= 11 is 0. The summed E-state index contributed by atoms with van der Waals surface area (Å²) in [7, 11) is -6.53. The number of piperidine rings is 1. The molecular weight excluding hydrogens is 458 g/mol. The normalized spacial score (nSPS) is 15.1. The van der Waals surface area contributed by atoms with Gasteiger partial charge in [0.25, 0.3) is 0 Å². The number of hydrogen-bond acceptors (Lipinski definition) is 7. The maximum Gasteiger partial charge on any atom is 0.244 e. The van der Waals surface area contributed by atoms with Gasteiger partial charge in [0.1, 0.15) is 10.6 Å². The second-order valence-corrected chi connectivity index (χ2v) is 10.4. The van der Waals surface area contributed by atoms with Crippen molar-refractivity contribution in [1.29, 1.82) is 0 Å². The number of methoxy groups -OCH3 is 1. The number of ether oxygens (including phenoxy) is 1. The van der Waals surface area contributed by atoms with Gasteiger partial charge in [0, 0.05) is 19.4 Å². The number of sulfonamides is 2. The van der Waals surface area contributed by atoms with Crippen LogP contribution in [0.1, 0.15) is 24.8 Å². The highest BCUT2D eigenvalue weighted by molar-refractivity contribution is 7.89. The van der Waals surface area contributed by atoms with Gasteiger partial charge in [-0.3, -0.25) is 14.5 Å². The zero-order valence-electron chi connectivity index (χ0n) is 17.3. The lowest BCUT2D eigenvalue weighted by Gasteiger charge is -2.25. The molecule has 1 fully saturated rings. The van der Waals surface area contributed by atoms with E-state index < -0.39 is 20.0 Å². The van der Waals surface area contributed by atoms with Crippen molar-refractivity contribution in [1.82, 2.24) is 4.72 Å². The minimum Gasteiger partial charge on any atom is -0.495 e. The summed E-state index contributed by atoms with van der Waals surface area (Å²) in [5.41, 5.74) is 0.866. The van der Waals surface area contributed by atoms with Gasteiger partial charge in [-0.25, -0.2) is 26.7 Å². The minimum atomic E-state index is -4.04. The molecule has 0 unspecified atom stereocenters. The first-order chi connectivity index (χ1) is 15.0. The first-order valence-electron chi connectivity index (χ1n) is 9.68. The van der Waals surface area contributed by atoms with Crippen LogP contribution in [0.2, 0.25) is 0 Å². The predicted molar refractivity (Wildman–Crippen MR) is 116 cm³/mol. The van der Waals surface area contributed by atoms with Crippen molar-refractivity contribution < 1.29 is 31.2 Å². The van der Waals surface area contributed by atoms with Crippen LogP contribution in [-0.2, 0) is 36.1 Å². The fourth-order valence-electron chi connectivity index (χ4n) is 3.31. The van der Waals surface area contributed by atoms with Crippen molar-refractivity contribution in [2.45, 2.75) is 35.5 Å². The molecule has 32 heavy (non-hydrogen) atoms. The zero-order valence-corrected chi connectivity index (χ0v) is 18.9. The van der Waals surface area contributed by atoms with Crippen molar-refractivity contribution >= 4 is 37.5 Å². The highest BCUT2D eigenvalue weighted by Gasteiger charge is 2.29. The number of nitrogens with one attached hydrogen (secondary N) is 1. The van der Waals surface area contributed by atoms with Crippen molar-refractivity contribution in [2.75, 3.05) is 18.6 Å². The third kappa shape index (κ3) is 5.33. The molecule has 1 aliphatic rings. The number of carbonyl (C=O) groups is 2. The van der Waals surface area contributed by atoms with Gasteiger partial charge in [0.2, 0.25) is 31.9 Å². The van der Waals surface area contributed by atoms with Crippen molar-refractivity contribution in [3.05, 3.63) is 48.0 Å². The molecule has 0 atom stereocenters. The summed E-state index contributed by atoms with van der Waals surface area (Å²) < 4.78 is 56.1. The molecule has 12 heteroatoms. The van der Waals surface area contributed by atoms with Gasteiger partial charge in [-0.2, -0.15) is 0 Å². The minimum absolute atomic E-state index is 0.0199. The molecule has 10 nitrogen and oxygen atoms in total. The third-order valence-corrected chi connectivity index (χ3v) is 7.34. The highest BCUT2D eigenvalue weighted by atomic mass is 32.2. The maximum absolute atomic E-state index is 12.9. The van der Waals surface area contributed by atoms with Crippen LogP contribution in [0.5, 0.6) is 5.75 Å². The molecule has 0 saturated carbocycles. The Bertz CT molecular complexity index is 1220. The summed E-state index contributed by atoms with van der Waals surface area (Å²) in [5.74, 6) is -0.702. The molecule has 2 aromatic rings. The molecule has 0 spiro atoms. The van der Waals surface area contributed by atoms with Crippen LogP contribution in [0.3, 0.4) is 0 Å². The van der Waals surface area contributed by atoms with Gasteiger partial charge in [-0.15, -0.1) is 0 Å². The van der Waals surface area contributed by atoms with E-state index in [1.807, 2.05) is 0 Å². The number of carbonyl (C=O) groups excluding carboxylic acids is 2. The van der Waals surface area contributed by atoms with Crippen LogP contribution in [0.25, 0.3) is 0 Å². The quantitative estimate of drug-likeness (QED) is 0.531. The lowest BCUT2D eigenvalue weighted by atomic mass is 10.1. The Morgan fingerprint density at radius 1 is 1.00 bits per heavy atom. The largest absolute Gasteiger partial charge is 0.495 e. The van der Waals surface area contributed by atoms with Gasteiger partial charge in [0.15, 0.2) is 0 Å². The molecule has 3 N–H and O–H groups in total. The number of anilines is 1. The molecule has 0 radical (unpaired) electrons. The number of primary sulfonamides is 1. The van der Waals surface area contributed by atoms with Gasteiger partial charge >= 0.3 is 0 Å². The number of rotatable bonds is 8. The molecule has 2 aromatic carbocycles. The first-order valence-corrected chi connectivity index (χ1v) is 12.7. The lowest BCUT2D eigenvalue weighted by Crippen LogP contribution is -2.40. The summed E-state index contributed by atoms with van der Waals surface area (Å²) in [6, 6.07) is 9.88. The number of hydrogen-bond donors (Lipinski definition) is 2. The van der Waals surface area contributed by atoms with Crippen molar-refractivity contribution in [3.63, 3.8) is 0 Å². The molecule has 172 valence electrons. The fourth-order valence-corrected chi connectivity index (χ4v) is 5.04. The van der Waals surface area contributed by atoms with E-state index in [1.54, 1.807) is 12.1 Å². The second-order valence-electron chi connectivity index (χ2n) is 7.15. The average molecular weight is 482 g/mol. The Hall–Kier alpha value is -2.80. The number of amides is 2. The summed E-state index contributed by atoms with van der Waals surface area (Å²) in [4.78, 5) is 25.2. The Labute approximate surface area is 186 Å². The highest BCUT2D eigenvalue weighted by Crippen LogP contribution is 2.31. The Kier molecular flexibility index (Phi) is 6.98. The smallest absolute Gasteiger partial charge is 0.244 e. The van der Waals surface area contributed by atoms with Crippen LogP contribution in [0, 0.1) is 0 Å². The summed E-state index contributed by atoms with van der Waals surface area (Å²) in [6.45, 7) is 0.0199. The average Bonchev–Trinajstić information content (AvgIpc) is 2.73. The molecule has 0 aromatic heterocycles. The zero-order chi connectivity index (χ0) is 23.5. The Morgan fingerprint density at radius 2 is 1.62 bits per heavy atom. The SMILES string of the molecule is COc1ccc(N2C(=O)CCCC2=O)cc1S(=O)(=O)NCCc1ccc(S(N)(=O)=O)cc1.